The molecule has 1 fully saturated rings. The molecule has 0 N–H and O–H groups in total. The molecular formula is C20H20N2O3. The first kappa shape index (κ1) is 15.8. The average Bonchev–Trinajstić information content (AvgIpc) is 3.20. The van der Waals surface area contributed by atoms with Gasteiger partial charge in [-0.3, -0.25) is 9.78 Å². The second kappa shape index (κ2) is 6.67. The Hall–Kier alpha value is -2.69. The van der Waals surface area contributed by atoms with E-state index in [0.29, 0.717) is 12.8 Å². The van der Waals surface area contributed by atoms with Crippen LogP contribution in [0.25, 0.3) is 0 Å². The summed E-state index contributed by atoms with van der Waals surface area (Å²) >= 11 is 0. The second-order valence-electron chi connectivity index (χ2n) is 6.66. The zero-order valence-corrected chi connectivity index (χ0v) is 13.9. The number of hydrogen-bond acceptors (Lipinski definition) is 4. The molecule has 1 aliphatic carbocycles. The molecule has 1 aromatic heterocycles. The summed E-state index contributed by atoms with van der Waals surface area (Å²) in [4.78, 5) is 30.6. The fourth-order valence-electron chi connectivity index (χ4n) is 3.82. The minimum atomic E-state index is -0.518. The predicted molar refractivity (Wildman–Crippen MR) is 92.0 cm³/mol. The molecule has 2 aromatic rings. The standard InChI is InChI=1S/C20H20N2O3/c23-19(12-15-8-9-18-17(15)7-4-10-21-18)22-16(13-25-20(22)24)11-14-5-2-1-3-6-14/h1-7,10,15-16H,8-9,11-13H2. The van der Waals surface area contributed by atoms with Gasteiger partial charge < -0.3 is 4.74 Å². The van der Waals surface area contributed by atoms with Gasteiger partial charge in [-0.2, -0.15) is 0 Å². The van der Waals surface area contributed by atoms with Crippen LogP contribution in [-0.4, -0.2) is 34.5 Å². The number of carbonyl (C=O) groups is 2. The van der Waals surface area contributed by atoms with Gasteiger partial charge in [0.2, 0.25) is 5.91 Å². The van der Waals surface area contributed by atoms with Crippen molar-refractivity contribution in [3.63, 3.8) is 0 Å². The highest BCUT2D eigenvalue weighted by Crippen LogP contribution is 2.35. The van der Waals surface area contributed by atoms with Crippen LogP contribution in [0.5, 0.6) is 0 Å². The van der Waals surface area contributed by atoms with Crippen molar-refractivity contribution in [2.24, 2.45) is 0 Å². The summed E-state index contributed by atoms with van der Waals surface area (Å²) in [7, 11) is 0. The van der Waals surface area contributed by atoms with Crippen molar-refractivity contribution in [2.45, 2.75) is 37.6 Å². The Balaban J connectivity index is 1.47. The number of nitrogens with zero attached hydrogens (tertiary/aromatic N) is 2. The number of cyclic esters (lactones) is 1. The first-order valence-electron chi connectivity index (χ1n) is 8.69. The van der Waals surface area contributed by atoms with Crippen LogP contribution < -0.4 is 0 Å². The van der Waals surface area contributed by atoms with Crippen LogP contribution in [0.4, 0.5) is 4.79 Å². The Morgan fingerprint density at radius 2 is 2.04 bits per heavy atom. The van der Waals surface area contributed by atoms with Crippen LogP contribution in [0.1, 0.15) is 35.6 Å². The highest BCUT2D eigenvalue weighted by atomic mass is 16.6. The number of carbonyl (C=O) groups excluding carboxylic acids is 2. The van der Waals surface area contributed by atoms with Crippen molar-refractivity contribution in [1.82, 2.24) is 9.88 Å². The van der Waals surface area contributed by atoms with E-state index in [1.54, 1.807) is 6.20 Å². The molecule has 2 unspecified atom stereocenters. The number of aryl methyl sites for hydroxylation is 1. The van der Waals surface area contributed by atoms with Crippen LogP contribution in [0.15, 0.2) is 48.7 Å². The van der Waals surface area contributed by atoms with Gasteiger partial charge in [0, 0.05) is 18.3 Å². The van der Waals surface area contributed by atoms with Crippen LogP contribution in [0.2, 0.25) is 0 Å². The number of amides is 2. The first-order valence-corrected chi connectivity index (χ1v) is 8.69. The molecule has 2 aliphatic rings. The van der Waals surface area contributed by atoms with Gasteiger partial charge in [0.15, 0.2) is 0 Å². The topological polar surface area (TPSA) is 59.5 Å². The molecule has 1 aromatic carbocycles. The van der Waals surface area contributed by atoms with Crippen LogP contribution >= 0.6 is 0 Å². The Morgan fingerprint density at radius 1 is 1.20 bits per heavy atom. The Morgan fingerprint density at radius 3 is 2.88 bits per heavy atom. The van der Waals surface area contributed by atoms with Crippen molar-refractivity contribution in [3.8, 4) is 0 Å². The smallest absolute Gasteiger partial charge is 0.416 e. The molecule has 4 rings (SSSR count). The van der Waals surface area contributed by atoms with Gasteiger partial charge >= 0.3 is 6.09 Å². The van der Waals surface area contributed by atoms with Crippen LogP contribution in [-0.2, 0) is 22.4 Å². The SMILES string of the molecule is O=C(CC1CCc2ncccc21)N1C(=O)OCC1Cc1ccccc1. The van der Waals surface area contributed by atoms with Crippen LogP contribution in [0.3, 0.4) is 0 Å². The van der Waals surface area contributed by atoms with Gasteiger partial charge in [0.05, 0.1) is 6.04 Å². The number of benzene rings is 1. The maximum absolute atomic E-state index is 12.8. The van der Waals surface area contributed by atoms with Crippen molar-refractivity contribution in [2.75, 3.05) is 6.61 Å². The van der Waals surface area contributed by atoms with Gasteiger partial charge in [-0.25, -0.2) is 9.69 Å². The summed E-state index contributed by atoms with van der Waals surface area (Å²) < 4.78 is 5.16. The summed E-state index contributed by atoms with van der Waals surface area (Å²) in [5.41, 5.74) is 3.31. The zero-order chi connectivity index (χ0) is 17.2. The largest absolute Gasteiger partial charge is 0.447 e. The van der Waals surface area contributed by atoms with Crippen molar-refractivity contribution in [1.29, 1.82) is 0 Å². The number of fused-ring (bicyclic) bond motifs is 1. The van der Waals surface area contributed by atoms with E-state index in [9.17, 15) is 9.59 Å². The molecule has 2 atom stereocenters. The molecule has 25 heavy (non-hydrogen) atoms. The van der Waals surface area contributed by atoms with E-state index in [-0.39, 0.29) is 24.5 Å². The molecule has 2 heterocycles. The molecule has 1 saturated heterocycles. The Labute approximate surface area is 146 Å². The van der Waals surface area contributed by atoms with Crippen LogP contribution in [0, 0.1) is 0 Å². The minimum Gasteiger partial charge on any atom is -0.447 e. The van der Waals surface area contributed by atoms with E-state index >= 15 is 0 Å². The fourth-order valence-corrected chi connectivity index (χ4v) is 3.82. The van der Waals surface area contributed by atoms with Gasteiger partial charge in [-0.1, -0.05) is 36.4 Å². The summed E-state index contributed by atoms with van der Waals surface area (Å²) in [6, 6.07) is 13.6. The molecule has 0 saturated carbocycles. The Bertz CT molecular complexity index is 791. The van der Waals surface area contributed by atoms with E-state index in [4.69, 9.17) is 4.74 Å². The molecular weight excluding hydrogens is 316 g/mol. The van der Waals surface area contributed by atoms with E-state index < -0.39 is 6.09 Å². The first-order chi connectivity index (χ1) is 12.2. The lowest BCUT2D eigenvalue weighted by molar-refractivity contribution is -0.129. The third kappa shape index (κ3) is 3.14. The number of hydrogen-bond donors (Lipinski definition) is 0. The highest BCUT2D eigenvalue weighted by Gasteiger charge is 2.39. The minimum absolute atomic E-state index is 0.141. The predicted octanol–water partition coefficient (Wildman–Crippen LogP) is 3.09. The Kier molecular flexibility index (Phi) is 4.22. The number of ether oxygens (including phenoxy) is 1. The summed E-state index contributed by atoms with van der Waals surface area (Å²) in [6.45, 7) is 0.266. The lowest BCUT2D eigenvalue weighted by Crippen LogP contribution is -2.40. The van der Waals surface area contributed by atoms with Gasteiger partial charge in [0.25, 0.3) is 0 Å². The second-order valence-corrected chi connectivity index (χ2v) is 6.66. The van der Waals surface area contributed by atoms with E-state index in [2.05, 4.69) is 4.98 Å². The highest BCUT2D eigenvalue weighted by molar-refractivity contribution is 5.94. The molecule has 0 bridgehead atoms. The third-order valence-corrected chi connectivity index (χ3v) is 5.06. The quantitative estimate of drug-likeness (QED) is 0.861. The number of imide groups is 1. The number of aromatic nitrogens is 1. The lowest BCUT2D eigenvalue weighted by Gasteiger charge is -2.21. The fraction of sp³-hybridized carbons (Fsp3) is 0.350. The third-order valence-electron chi connectivity index (χ3n) is 5.06. The normalized spacial score (nSPS) is 21.9. The number of rotatable bonds is 4. The molecule has 128 valence electrons. The van der Waals surface area contributed by atoms with Gasteiger partial charge in [-0.15, -0.1) is 0 Å². The van der Waals surface area contributed by atoms with E-state index in [0.717, 1.165) is 29.7 Å². The van der Waals surface area contributed by atoms with Crippen molar-refractivity contribution < 1.29 is 14.3 Å². The monoisotopic (exact) mass is 336 g/mol. The van der Waals surface area contributed by atoms with Crippen molar-refractivity contribution >= 4 is 12.0 Å². The maximum Gasteiger partial charge on any atom is 0.416 e. The molecule has 0 spiro atoms. The number of pyridine rings is 1. The van der Waals surface area contributed by atoms with Crippen molar-refractivity contribution in [3.05, 3.63) is 65.5 Å². The van der Waals surface area contributed by atoms with E-state index in [1.807, 2.05) is 42.5 Å². The van der Waals surface area contributed by atoms with Gasteiger partial charge in [-0.05, 0) is 42.4 Å². The average molecular weight is 336 g/mol. The zero-order valence-electron chi connectivity index (χ0n) is 13.9. The lowest BCUT2D eigenvalue weighted by atomic mass is 9.97. The maximum atomic E-state index is 12.8. The molecule has 2 amide bonds. The van der Waals surface area contributed by atoms with E-state index in [1.165, 1.54) is 4.90 Å². The van der Waals surface area contributed by atoms with Gasteiger partial charge in [0.1, 0.15) is 6.61 Å². The molecule has 5 heteroatoms. The summed E-state index contributed by atoms with van der Waals surface area (Å²) in [5.74, 6) is -0.00731. The molecule has 5 nitrogen and oxygen atoms in total. The molecule has 1 aliphatic heterocycles. The summed E-state index contributed by atoms with van der Waals surface area (Å²) in [6.07, 6.45) is 4.03. The summed E-state index contributed by atoms with van der Waals surface area (Å²) in [5, 5.41) is 0. The molecule has 0 radical (unpaired) electrons.